The van der Waals surface area contributed by atoms with Crippen LogP contribution in [0, 0.1) is 0 Å². The Hall–Kier alpha value is -3.66. The van der Waals surface area contributed by atoms with Gasteiger partial charge in [0.2, 0.25) is 0 Å². The lowest BCUT2D eigenvalue weighted by Crippen LogP contribution is -2.34. The predicted octanol–water partition coefficient (Wildman–Crippen LogP) is 4.84. The summed E-state index contributed by atoms with van der Waals surface area (Å²) in [5, 5.41) is 0.989. The minimum Gasteiger partial charge on any atom is -0.481 e. The molecule has 4 aromatic rings. The first kappa shape index (κ1) is 18.7. The Labute approximate surface area is 170 Å². The van der Waals surface area contributed by atoms with E-state index in [-0.39, 0.29) is 12.5 Å². The van der Waals surface area contributed by atoms with Gasteiger partial charge in [0.05, 0.1) is 0 Å². The third kappa shape index (κ3) is 4.79. The van der Waals surface area contributed by atoms with Crippen LogP contribution in [0.15, 0.2) is 97.2 Å². The summed E-state index contributed by atoms with van der Waals surface area (Å²) >= 11 is 0. The number of carbonyl (C=O) groups excluding carboxylic acids is 1. The van der Waals surface area contributed by atoms with Crippen molar-refractivity contribution in [3.8, 4) is 5.75 Å². The number of hydrogen-bond donors (Lipinski definition) is 0. The van der Waals surface area contributed by atoms with Crippen molar-refractivity contribution in [1.82, 2.24) is 9.88 Å². The molecule has 1 amide bonds. The Kier molecular flexibility index (Phi) is 5.81. The number of amides is 1. The zero-order valence-corrected chi connectivity index (χ0v) is 16.1. The number of para-hydroxylation sites is 1. The molecule has 0 fully saturated rings. The third-order valence-corrected chi connectivity index (χ3v) is 4.73. The van der Waals surface area contributed by atoms with Crippen molar-refractivity contribution in [3.05, 3.63) is 108 Å². The van der Waals surface area contributed by atoms with Gasteiger partial charge in [0, 0.05) is 24.7 Å². The van der Waals surface area contributed by atoms with Gasteiger partial charge in [0.1, 0.15) is 11.3 Å². The van der Waals surface area contributed by atoms with Crippen molar-refractivity contribution < 1.29 is 9.53 Å². The van der Waals surface area contributed by atoms with Gasteiger partial charge in [-0.2, -0.15) is 0 Å². The lowest BCUT2D eigenvalue weighted by atomic mass is 10.1. The van der Waals surface area contributed by atoms with E-state index >= 15 is 0 Å². The highest BCUT2D eigenvalue weighted by molar-refractivity contribution is 5.85. The molecule has 1 heterocycles. The molecule has 29 heavy (non-hydrogen) atoms. The molecule has 0 bridgehead atoms. The van der Waals surface area contributed by atoms with E-state index < -0.39 is 0 Å². The summed E-state index contributed by atoms with van der Waals surface area (Å²) in [6.45, 7) is 1.03. The monoisotopic (exact) mass is 382 g/mol. The van der Waals surface area contributed by atoms with Crippen LogP contribution >= 0.6 is 0 Å². The minimum atomic E-state index is -0.0642. The quantitative estimate of drug-likeness (QED) is 0.459. The fourth-order valence-electron chi connectivity index (χ4n) is 3.26. The second-order valence-electron chi connectivity index (χ2n) is 6.84. The second-order valence-corrected chi connectivity index (χ2v) is 6.84. The molecule has 4 nitrogen and oxygen atoms in total. The van der Waals surface area contributed by atoms with Crippen LogP contribution in [-0.2, 0) is 17.9 Å². The molecular weight excluding hydrogens is 360 g/mol. The summed E-state index contributed by atoms with van der Waals surface area (Å²) < 4.78 is 5.88. The van der Waals surface area contributed by atoms with E-state index in [1.54, 1.807) is 6.20 Å². The zero-order valence-electron chi connectivity index (χ0n) is 16.1. The maximum absolute atomic E-state index is 13.0. The molecule has 0 N–H and O–H groups in total. The molecule has 0 aliphatic heterocycles. The first-order valence-electron chi connectivity index (χ1n) is 9.62. The largest absolute Gasteiger partial charge is 0.481 e. The van der Waals surface area contributed by atoms with E-state index in [2.05, 4.69) is 4.98 Å². The Morgan fingerprint density at radius 1 is 0.759 bits per heavy atom. The number of fused-ring (bicyclic) bond motifs is 1. The van der Waals surface area contributed by atoms with E-state index in [0.29, 0.717) is 18.8 Å². The normalized spacial score (nSPS) is 10.6. The molecule has 0 unspecified atom stereocenters. The van der Waals surface area contributed by atoms with Crippen molar-refractivity contribution in [2.24, 2.45) is 0 Å². The van der Waals surface area contributed by atoms with Crippen LogP contribution in [-0.4, -0.2) is 22.4 Å². The van der Waals surface area contributed by atoms with Crippen LogP contribution in [0.1, 0.15) is 11.1 Å². The van der Waals surface area contributed by atoms with Gasteiger partial charge in [0.15, 0.2) is 6.61 Å². The highest BCUT2D eigenvalue weighted by Gasteiger charge is 2.16. The number of ether oxygens (including phenoxy) is 1. The van der Waals surface area contributed by atoms with Crippen LogP contribution in [0.3, 0.4) is 0 Å². The number of aromatic nitrogens is 1. The molecule has 4 heteroatoms. The van der Waals surface area contributed by atoms with Gasteiger partial charge in [0.25, 0.3) is 5.91 Å². The summed E-state index contributed by atoms with van der Waals surface area (Å²) in [7, 11) is 0. The number of nitrogens with zero attached hydrogens (tertiary/aromatic N) is 2. The smallest absolute Gasteiger partial charge is 0.261 e. The van der Waals surface area contributed by atoms with Crippen molar-refractivity contribution in [2.75, 3.05) is 6.61 Å². The molecular formula is C25H22N2O2. The van der Waals surface area contributed by atoms with Crippen LogP contribution in [0.2, 0.25) is 0 Å². The molecule has 0 atom stereocenters. The minimum absolute atomic E-state index is 0.0324. The van der Waals surface area contributed by atoms with E-state index in [1.165, 1.54) is 0 Å². The van der Waals surface area contributed by atoms with Crippen LogP contribution in [0.5, 0.6) is 5.75 Å². The average molecular weight is 382 g/mol. The summed E-state index contributed by atoms with van der Waals surface area (Å²) in [6.07, 6.45) is 1.73. The molecule has 0 aliphatic rings. The van der Waals surface area contributed by atoms with E-state index in [0.717, 1.165) is 22.0 Å². The molecule has 0 saturated carbocycles. The van der Waals surface area contributed by atoms with Crippen molar-refractivity contribution in [1.29, 1.82) is 0 Å². The molecule has 0 aliphatic carbocycles. The molecule has 1 aromatic heterocycles. The van der Waals surface area contributed by atoms with Gasteiger partial charge < -0.3 is 9.64 Å². The van der Waals surface area contributed by atoms with Crippen LogP contribution < -0.4 is 4.74 Å². The lowest BCUT2D eigenvalue weighted by molar-refractivity contribution is -0.134. The maximum Gasteiger partial charge on any atom is 0.261 e. The van der Waals surface area contributed by atoms with Crippen LogP contribution in [0.25, 0.3) is 10.9 Å². The Balaban J connectivity index is 1.51. The molecule has 0 spiro atoms. The molecule has 0 saturated heterocycles. The highest BCUT2D eigenvalue weighted by Crippen LogP contribution is 2.23. The van der Waals surface area contributed by atoms with Gasteiger partial charge in [-0.05, 0) is 23.3 Å². The fourth-order valence-corrected chi connectivity index (χ4v) is 3.26. The maximum atomic E-state index is 13.0. The van der Waals surface area contributed by atoms with Gasteiger partial charge >= 0.3 is 0 Å². The van der Waals surface area contributed by atoms with Crippen molar-refractivity contribution in [3.63, 3.8) is 0 Å². The molecule has 4 rings (SSSR count). The van der Waals surface area contributed by atoms with Crippen LogP contribution in [0.4, 0.5) is 0 Å². The molecule has 3 aromatic carbocycles. The zero-order chi connectivity index (χ0) is 19.9. The average Bonchev–Trinajstić information content (AvgIpc) is 2.78. The molecule has 144 valence electrons. The first-order valence-corrected chi connectivity index (χ1v) is 9.62. The van der Waals surface area contributed by atoms with Gasteiger partial charge in [-0.15, -0.1) is 0 Å². The fraction of sp³-hybridized carbons (Fsp3) is 0.120. The Morgan fingerprint density at radius 3 is 2.03 bits per heavy atom. The van der Waals surface area contributed by atoms with E-state index in [4.69, 9.17) is 4.74 Å². The summed E-state index contributed by atoms with van der Waals surface area (Å²) in [5.41, 5.74) is 2.94. The third-order valence-electron chi connectivity index (χ3n) is 4.73. The highest BCUT2D eigenvalue weighted by atomic mass is 16.5. The molecule has 0 radical (unpaired) electrons. The Morgan fingerprint density at radius 2 is 1.38 bits per heavy atom. The van der Waals surface area contributed by atoms with Gasteiger partial charge in [-0.25, -0.2) is 0 Å². The Bertz CT molecular complexity index is 1030. The number of benzene rings is 3. The first-order chi connectivity index (χ1) is 14.3. The summed E-state index contributed by atoms with van der Waals surface area (Å²) in [6, 6.07) is 29.6. The van der Waals surface area contributed by atoms with Crippen molar-refractivity contribution in [2.45, 2.75) is 13.1 Å². The predicted molar refractivity (Wildman–Crippen MR) is 114 cm³/mol. The SMILES string of the molecule is O=C(COc1cccc2cccnc12)N(Cc1ccccc1)Cc1ccccc1. The van der Waals surface area contributed by atoms with E-state index in [9.17, 15) is 4.79 Å². The van der Waals surface area contributed by atoms with Crippen molar-refractivity contribution >= 4 is 16.8 Å². The standard InChI is InChI=1S/C25H22N2O2/c28-24(19-29-23-15-7-13-22-14-8-16-26-25(22)23)27(17-20-9-3-1-4-10-20)18-21-11-5-2-6-12-21/h1-16H,17-19H2. The number of hydrogen-bond acceptors (Lipinski definition) is 3. The topological polar surface area (TPSA) is 42.4 Å². The summed E-state index contributed by atoms with van der Waals surface area (Å²) in [4.78, 5) is 19.3. The number of pyridine rings is 1. The van der Waals surface area contributed by atoms with Gasteiger partial charge in [-0.3, -0.25) is 9.78 Å². The summed E-state index contributed by atoms with van der Waals surface area (Å²) in [5.74, 6) is 0.557. The van der Waals surface area contributed by atoms with Gasteiger partial charge in [-0.1, -0.05) is 78.9 Å². The second kappa shape index (κ2) is 9.02. The lowest BCUT2D eigenvalue weighted by Gasteiger charge is -2.23. The van der Waals surface area contributed by atoms with E-state index in [1.807, 2.05) is 95.9 Å². The number of carbonyl (C=O) groups is 1. The number of rotatable bonds is 7.